The molecule has 2 rings (SSSR count). The van der Waals surface area contributed by atoms with E-state index in [1.165, 1.54) is 0 Å². The molecule has 1 aromatic heterocycles. The lowest BCUT2D eigenvalue weighted by Gasteiger charge is -2.26. The average Bonchev–Trinajstić information content (AvgIpc) is 2.91. The van der Waals surface area contributed by atoms with Gasteiger partial charge in [0.25, 0.3) is 0 Å². The Morgan fingerprint density at radius 2 is 2.14 bits per heavy atom. The number of carboxylic acid groups (broad SMARTS) is 1. The Hall–Kier alpha value is -2.30. The van der Waals surface area contributed by atoms with E-state index in [0.717, 1.165) is 23.5 Å². The Morgan fingerprint density at radius 3 is 2.81 bits per heavy atom. The van der Waals surface area contributed by atoms with Gasteiger partial charge in [-0.05, 0) is 25.5 Å². The molecule has 0 radical (unpaired) electrons. The Labute approximate surface area is 124 Å². The summed E-state index contributed by atoms with van der Waals surface area (Å²) in [6.45, 7) is 6.11. The second-order valence-electron chi connectivity index (χ2n) is 5.02. The molecule has 0 aliphatic rings. The number of para-hydroxylation sites is 1. The van der Waals surface area contributed by atoms with Gasteiger partial charge in [0.1, 0.15) is 0 Å². The molecule has 0 spiro atoms. The lowest BCUT2D eigenvalue weighted by molar-refractivity contribution is -0.136. The molecule has 0 fully saturated rings. The van der Waals surface area contributed by atoms with Gasteiger partial charge in [-0.1, -0.05) is 18.2 Å². The molecule has 0 aliphatic carbocycles. The zero-order valence-corrected chi connectivity index (χ0v) is 12.5. The SMILES string of the molecule is CCn1cncc1CN(CCC(=O)O)c1ccccc1C. The van der Waals surface area contributed by atoms with E-state index in [1.54, 1.807) is 0 Å². The summed E-state index contributed by atoms with van der Waals surface area (Å²) in [5.41, 5.74) is 3.30. The van der Waals surface area contributed by atoms with Gasteiger partial charge in [-0.25, -0.2) is 4.98 Å². The van der Waals surface area contributed by atoms with E-state index < -0.39 is 5.97 Å². The Balaban J connectivity index is 2.24. The minimum atomic E-state index is -0.780. The van der Waals surface area contributed by atoms with Crippen LogP contribution in [0.15, 0.2) is 36.8 Å². The molecule has 0 atom stereocenters. The van der Waals surface area contributed by atoms with Crippen molar-refractivity contribution >= 4 is 11.7 Å². The molecule has 5 heteroatoms. The molecule has 0 bridgehead atoms. The smallest absolute Gasteiger partial charge is 0.305 e. The van der Waals surface area contributed by atoms with Crippen molar-refractivity contribution in [3.63, 3.8) is 0 Å². The molecule has 0 saturated heterocycles. The van der Waals surface area contributed by atoms with Gasteiger partial charge in [-0.15, -0.1) is 0 Å². The highest BCUT2D eigenvalue weighted by Crippen LogP contribution is 2.22. The van der Waals surface area contributed by atoms with E-state index in [2.05, 4.69) is 21.4 Å². The molecule has 21 heavy (non-hydrogen) atoms. The third kappa shape index (κ3) is 3.84. The summed E-state index contributed by atoms with van der Waals surface area (Å²) < 4.78 is 2.08. The number of imidazole rings is 1. The minimum absolute atomic E-state index is 0.120. The molecule has 5 nitrogen and oxygen atoms in total. The van der Waals surface area contributed by atoms with Gasteiger partial charge >= 0.3 is 5.97 Å². The van der Waals surface area contributed by atoms with Crippen molar-refractivity contribution in [1.29, 1.82) is 0 Å². The number of carboxylic acids is 1. The first-order chi connectivity index (χ1) is 10.1. The summed E-state index contributed by atoms with van der Waals surface area (Å²) in [5.74, 6) is -0.780. The fraction of sp³-hybridized carbons (Fsp3) is 0.375. The Morgan fingerprint density at radius 1 is 1.38 bits per heavy atom. The van der Waals surface area contributed by atoms with Gasteiger partial charge in [-0.3, -0.25) is 4.79 Å². The van der Waals surface area contributed by atoms with Crippen LogP contribution < -0.4 is 4.90 Å². The average molecular weight is 287 g/mol. The van der Waals surface area contributed by atoms with E-state index in [1.807, 2.05) is 43.7 Å². The topological polar surface area (TPSA) is 58.4 Å². The maximum absolute atomic E-state index is 10.9. The van der Waals surface area contributed by atoms with Gasteiger partial charge in [0, 0.05) is 25.0 Å². The van der Waals surface area contributed by atoms with Gasteiger partial charge in [0.05, 0.1) is 25.0 Å². The highest BCUT2D eigenvalue weighted by Gasteiger charge is 2.13. The third-order valence-corrected chi connectivity index (χ3v) is 3.54. The number of anilines is 1. The van der Waals surface area contributed by atoms with Crippen LogP contribution in [0.3, 0.4) is 0 Å². The first-order valence-electron chi connectivity index (χ1n) is 7.13. The lowest BCUT2D eigenvalue weighted by Crippen LogP contribution is -2.27. The summed E-state index contributed by atoms with van der Waals surface area (Å²) in [7, 11) is 0. The van der Waals surface area contributed by atoms with Crippen LogP contribution in [-0.4, -0.2) is 27.2 Å². The van der Waals surface area contributed by atoms with Crippen LogP contribution in [0.2, 0.25) is 0 Å². The van der Waals surface area contributed by atoms with Crippen LogP contribution in [0.25, 0.3) is 0 Å². The van der Waals surface area contributed by atoms with Crippen LogP contribution in [0.5, 0.6) is 0 Å². The van der Waals surface area contributed by atoms with Crippen LogP contribution in [0.1, 0.15) is 24.6 Å². The van der Waals surface area contributed by atoms with E-state index in [0.29, 0.717) is 13.1 Å². The van der Waals surface area contributed by atoms with E-state index in [-0.39, 0.29) is 6.42 Å². The first kappa shape index (κ1) is 15.1. The number of hydrogen-bond acceptors (Lipinski definition) is 3. The quantitative estimate of drug-likeness (QED) is 0.850. The maximum atomic E-state index is 10.9. The fourth-order valence-electron chi connectivity index (χ4n) is 2.39. The molecule has 0 unspecified atom stereocenters. The number of benzene rings is 1. The van der Waals surface area contributed by atoms with Crippen LogP contribution >= 0.6 is 0 Å². The van der Waals surface area contributed by atoms with Crippen molar-refractivity contribution in [2.24, 2.45) is 0 Å². The van der Waals surface area contributed by atoms with Gasteiger partial charge < -0.3 is 14.6 Å². The van der Waals surface area contributed by atoms with Crippen molar-refractivity contribution in [1.82, 2.24) is 9.55 Å². The first-order valence-corrected chi connectivity index (χ1v) is 7.13. The molecular formula is C16H21N3O2. The zero-order chi connectivity index (χ0) is 15.2. The molecule has 2 aromatic rings. The third-order valence-electron chi connectivity index (χ3n) is 3.54. The molecule has 1 heterocycles. The highest BCUT2D eigenvalue weighted by molar-refractivity contribution is 5.68. The second-order valence-corrected chi connectivity index (χ2v) is 5.02. The summed E-state index contributed by atoms with van der Waals surface area (Å²) in [5, 5.41) is 8.96. The van der Waals surface area contributed by atoms with Gasteiger partial charge in [0.15, 0.2) is 0 Å². The van der Waals surface area contributed by atoms with Crippen molar-refractivity contribution in [3.8, 4) is 0 Å². The monoisotopic (exact) mass is 287 g/mol. The molecule has 0 amide bonds. The van der Waals surface area contributed by atoms with Crippen LogP contribution in [0, 0.1) is 6.92 Å². The minimum Gasteiger partial charge on any atom is -0.481 e. The van der Waals surface area contributed by atoms with Crippen LogP contribution in [0.4, 0.5) is 5.69 Å². The van der Waals surface area contributed by atoms with Crippen molar-refractivity contribution in [3.05, 3.63) is 48.0 Å². The molecule has 0 saturated carbocycles. The van der Waals surface area contributed by atoms with E-state index >= 15 is 0 Å². The molecular weight excluding hydrogens is 266 g/mol. The summed E-state index contributed by atoms with van der Waals surface area (Å²) in [6.07, 6.45) is 3.77. The predicted molar refractivity (Wildman–Crippen MR) is 82.4 cm³/mol. The number of aliphatic carboxylic acids is 1. The molecule has 112 valence electrons. The number of hydrogen-bond donors (Lipinski definition) is 1. The molecule has 1 aromatic carbocycles. The predicted octanol–water partition coefficient (Wildman–Crippen LogP) is 2.69. The Bertz CT molecular complexity index is 607. The zero-order valence-electron chi connectivity index (χ0n) is 12.5. The summed E-state index contributed by atoms with van der Waals surface area (Å²) >= 11 is 0. The largest absolute Gasteiger partial charge is 0.481 e. The summed E-state index contributed by atoms with van der Waals surface area (Å²) in [4.78, 5) is 17.2. The van der Waals surface area contributed by atoms with Gasteiger partial charge in [0.2, 0.25) is 0 Å². The normalized spacial score (nSPS) is 10.6. The van der Waals surface area contributed by atoms with E-state index in [9.17, 15) is 4.79 Å². The van der Waals surface area contributed by atoms with Crippen molar-refractivity contribution < 1.29 is 9.90 Å². The maximum Gasteiger partial charge on any atom is 0.305 e. The fourth-order valence-corrected chi connectivity index (χ4v) is 2.39. The number of nitrogens with zero attached hydrogens (tertiary/aromatic N) is 3. The molecule has 1 N–H and O–H groups in total. The number of aromatic nitrogens is 2. The summed E-state index contributed by atoms with van der Waals surface area (Å²) in [6, 6.07) is 8.04. The second kappa shape index (κ2) is 6.92. The number of rotatable bonds is 7. The molecule has 0 aliphatic heterocycles. The number of carbonyl (C=O) groups is 1. The standard InChI is InChI=1S/C16H21N3O2/c1-3-18-12-17-10-14(18)11-19(9-8-16(20)21)15-7-5-4-6-13(15)2/h4-7,10,12H,3,8-9,11H2,1-2H3,(H,20,21). The van der Waals surface area contributed by atoms with E-state index in [4.69, 9.17) is 5.11 Å². The Kier molecular flexibility index (Phi) is 4.98. The van der Waals surface area contributed by atoms with Crippen molar-refractivity contribution in [2.75, 3.05) is 11.4 Å². The van der Waals surface area contributed by atoms with Crippen molar-refractivity contribution in [2.45, 2.75) is 33.4 Å². The van der Waals surface area contributed by atoms with Crippen LogP contribution in [-0.2, 0) is 17.9 Å². The van der Waals surface area contributed by atoms with Gasteiger partial charge in [-0.2, -0.15) is 0 Å². The highest BCUT2D eigenvalue weighted by atomic mass is 16.4. The lowest BCUT2D eigenvalue weighted by atomic mass is 10.1. The number of aryl methyl sites for hydroxylation is 2.